The van der Waals surface area contributed by atoms with Gasteiger partial charge in [-0.1, -0.05) is 75.5 Å². The number of hydrogen-bond donors (Lipinski definition) is 0. The fraction of sp³-hybridized carbons (Fsp3) is 0.697. The van der Waals surface area contributed by atoms with Crippen molar-refractivity contribution in [2.75, 3.05) is 6.61 Å². The van der Waals surface area contributed by atoms with Gasteiger partial charge < -0.3 is 4.74 Å². The van der Waals surface area contributed by atoms with E-state index >= 15 is 0 Å². The maximum absolute atomic E-state index is 14.6. The molecule has 1 aromatic rings. The third-order valence-corrected chi connectivity index (χ3v) is 9.16. The second kappa shape index (κ2) is 13.6. The molecule has 0 aromatic heterocycles. The van der Waals surface area contributed by atoms with Crippen LogP contribution in [0.4, 0.5) is 8.78 Å². The van der Waals surface area contributed by atoms with Crippen LogP contribution < -0.4 is 4.74 Å². The third kappa shape index (κ3) is 7.14. The molecular weight excluding hydrogens is 450 g/mol. The topological polar surface area (TPSA) is 9.23 Å². The van der Waals surface area contributed by atoms with E-state index < -0.39 is 11.6 Å². The first-order valence-electron chi connectivity index (χ1n) is 14.9. The van der Waals surface area contributed by atoms with Crippen molar-refractivity contribution < 1.29 is 13.5 Å². The summed E-state index contributed by atoms with van der Waals surface area (Å²) in [6.45, 7) is 4.39. The zero-order valence-electron chi connectivity index (χ0n) is 22.5. The minimum absolute atomic E-state index is 0.00732. The highest BCUT2D eigenvalue weighted by Gasteiger charge is 2.30. The Hall–Kier alpha value is -1.82. The third-order valence-electron chi connectivity index (χ3n) is 9.16. The van der Waals surface area contributed by atoms with Crippen molar-refractivity contribution in [3.8, 4) is 17.6 Å². The lowest BCUT2D eigenvalue weighted by atomic mass is 9.68. The van der Waals surface area contributed by atoms with Gasteiger partial charge in [0.25, 0.3) is 0 Å². The SMILES string of the molecule is CCCCCC1CCC(C2CCC(C#CC3C=CC(c4ccc(OCC)c(F)c4F)CC3)CC2)CC1. The van der Waals surface area contributed by atoms with Crippen LogP contribution >= 0.6 is 0 Å². The van der Waals surface area contributed by atoms with Gasteiger partial charge in [-0.15, -0.1) is 0 Å². The van der Waals surface area contributed by atoms with E-state index in [1.165, 1.54) is 77.0 Å². The Kier molecular flexibility index (Phi) is 10.3. The lowest BCUT2D eigenvalue weighted by Gasteiger charge is -2.37. The summed E-state index contributed by atoms with van der Waals surface area (Å²) in [5.74, 6) is 9.03. The largest absolute Gasteiger partial charge is 0.491 e. The molecule has 0 bridgehead atoms. The number of halogens is 2. The highest BCUT2D eigenvalue weighted by molar-refractivity contribution is 5.36. The van der Waals surface area contributed by atoms with Gasteiger partial charge in [-0.25, -0.2) is 4.39 Å². The first-order chi connectivity index (χ1) is 17.6. The highest BCUT2D eigenvalue weighted by atomic mass is 19.2. The average Bonchev–Trinajstić information content (AvgIpc) is 2.92. The molecule has 0 N–H and O–H groups in total. The number of unbranched alkanes of at least 4 members (excludes halogenated alkanes) is 2. The van der Waals surface area contributed by atoms with E-state index in [9.17, 15) is 8.78 Å². The van der Waals surface area contributed by atoms with Crippen LogP contribution in [0, 0.1) is 53.1 Å². The molecule has 2 atom stereocenters. The molecule has 0 saturated heterocycles. The second-order valence-electron chi connectivity index (χ2n) is 11.6. The molecule has 0 radical (unpaired) electrons. The minimum Gasteiger partial charge on any atom is -0.491 e. The number of benzene rings is 1. The van der Waals surface area contributed by atoms with Gasteiger partial charge in [0.05, 0.1) is 6.61 Å². The molecule has 3 aliphatic carbocycles. The van der Waals surface area contributed by atoms with Crippen LogP contribution in [0.5, 0.6) is 5.75 Å². The summed E-state index contributed by atoms with van der Waals surface area (Å²) in [5.41, 5.74) is 0.423. The van der Waals surface area contributed by atoms with Crippen molar-refractivity contribution in [2.24, 2.45) is 29.6 Å². The molecule has 0 amide bonds. The average molecular weight is 497 g/mol. The van der Waals surface area contributed by atoms with Gasteiger partial charge in [0.1, 0.15) is 0 Å². The van der Waals surface area contributed by atoms with Gasteiger partial charge in [0.2, 0.25) is 5.82 Å². The van der Waals surface area contributed by atoms with Gasteiger partial charge in [0.15, 0.2) is 11.6 Å². The minimum atomic E-state index is -0.875. The van der Waals surface area contributed by atoms with Crippen molar-refractivity contribution in [1.29, 1.82) is 0 Å². The molecule has 0 spiro atoms. The Morgan fingerprint density at radius 2 is 1.50 bits per heavy atom. The molecule has 36 heavy (non-hydrogen) atoms. The van der Waals surface area contributed by atoms with E-state index in [2.05, 4.69) is 24.8 Å². The monoisotopic (exact) mass is 496 g/mol. The van der Waals surface area contributed by atoms with Crippen molar-refractivity contribution in [2.45, 2.75) is 110 Å². The van der Waals surface area contributed by atoms with E-state index in [1.807, 2.05) is 6.08 Å². The van der Waals surface area contributed by atoms with Crippen LogP contribution in [0.2, 0.25) is 0 Å². The molecule has 1 aromatic carbocycles. The van der Waals surface area contributed by atoms with E-state index in [1.54, 1.807) is 19.1 Å². The standard InChI is InChI=1S/C33H46F2O/c1-3-5-6-7-24-10-16-27(17-11-24)28-18-12-25(13-19-28)8-9-26-14-20-29(21-15-26)30-22-23-31(36-4-2)33(35)32(30)34/h14,20,22-29H,3-7,10-13,15-19,21H2,1-2H3. The van der Waals surface area contributed by atoms with Crippen molar-refractivity contribution >= 4 is 0 Å². The molecule has 2 unspecified atom stereocenters. The van der Waals surface area contributed by atoms with Gasteiger partial charge in [-0.05, 0) is 87.7 Å². The summed E-state index contributed by atoms with van der Waals surface area (Å²) >= 11 is 0. The fourth-order valence-corrected chi connectivity index (χ4v) is 6.89. The zero-order chi connectivity index (χ0) is 25.3. The summed E-state index contributed by atoms with van der Waals surface area (Å²) in [6.07, 6.45) is 22.6. The van der Waals surface area contributed by atoms with Crippen LogP contribution in [-0.2, 0) is 0 Å². The predicted molar refractivity (Wildman–Crippen MR) is 145 cm³/mol. The normalized spacial score (nSPS) is 30.4. The summed E-state index contributed by atoms with van der Waals surface area (Å²) in [7, 11) is 0. The Morgan fingerprint density at radius 1 is 0.778 bits per heavy atom. The Bertz CT molecular complexity index is 910. The molecule has 0 aliphatic heterocycles. The first kappa shape index (κ1) is 27.2. The highest BCUT2D eigenvalue weighted by Crippen LogP contribution is 2.42. The lowest BCUT2D eigenvalue weighted by Crippen LogP contribution is -2.25. The quantitative estimate of drug-likeness (QED) is 0.198. The van der Waals surface area contributed by atoms with Crippen LogP contribution in [-0.4, -0.2) is 6.61 Å². The van der Waals surface area contributed by atoms with Crippen LogP contribution in [0.3, 0.4) is 0 Å². The van der Waals surface area contributed by atoms with Gasteiger partial charge in [-0.2, -0.15) is 4.39 Å². The van der Waals surface area contributed by atoms with Crippen molar-refractivity contribution in [3.05, 3.63) is 41.5 Å². The molecule has 3 heteroatoms. The summed E-state index contributed by atoms with van der Waals surface area (Å²) in [6, 6.07) is 3.22. The van der Waals surface area contributed by atoms with Crippen molar-refractivity contribution in [1.82, 2.24) is 0 Å². The Morgan fingerprint density at radius 3 is 2.14 bits per heavy atom. The van der Waals surface area contributed by atoms with Crippen LogP contribution in [0.25, 0.3) is 0 Å². The number of ether oxygens (including phenoxy) is 1. The van der Waals surface area contributed by atoms with Crippen LogP contribution in [0.1, 0.15) is 115 Å². The molecular formula is C33H46F2O. The Labute approximate surface area is 218 Å². The Balaban J connectivity index is 1.21. The summed E-state index contributed by atoms with van der Waals surface area (Å²) in [5, 5.41) is 0. The number of hydrogen-bond acceptors (Lipinski definition) is 1. The zero-order valence-corrected chi connectivity index (χ0v) is 22.5. The van der Waals surface area contributed by atoms with E-state index in [4.69, 9.17) is 4.74 Å². The molecule has 198 valence electrons. The van der Waals surface area contributed by atoms with Gasteiger partial charge >= 0.3 is 0 Å². The number of allylic oxidation sites excluding steroid dienone is 2. The van der Waals surface area contributed by atoms with E-state index in [0.29, 0.717) is 18.1 Å². The number of rotatable bonds is 8. The van der Waals surface area contributed by atoms with Gasteiger partial charge in [0, 0.05) is 17.8 Å². The smallest absolute Gasteiger partial charge is 0.200 e. The van der Waals surface area contributed by atoms with Crippen molar-refractivity contribution in [3.63, 3.8) is 0 Å². The molecule has 4 rings (SSSR count). The lowest BCUT2D eigenvalue weighted by molar-refractivity contribution is 0.153. The molecule has 2 saturated carbocycles. The fourth-order valence-electron chi connectivity index (χ4n) is 6.89. The summed E-state index contributed by atoms with van der Waals surface area (Å²) in [4.78, 5) is 0. The molecule has 3 aliphatic rings. The van der Waals surface area contributed by atoms with E-state index in [-0.39, 0.29) is 17.6 Å². The first-order valence-corrected chi connectivity index (χ1v) is 14.9. The predicted octanol–water partition coefficient (Wildman–Crippen LogP) is 9.61. The molecule has 0 heterocycles. The maximum atomic E-state index is 14.6. The second-order valence-corrected chi connectivity index (χ2v) is 11.6. The summed E-state index contributed by atoms with van der Waals surface area (Å²) < 4.78 is 34.0. The molecule has 1 nitrogen and oxygen atoms in total. The van der Waals surface area contributed by atoms with E-state index in [0.717, 1.165) is 30.6 Å². The van der Waals surface area contributed by atoms with Crippen LogP contribution in [0.15, 0.2) is 24.3 Å². The molecule has 2 fully saturated rings. The van der Waals surface area contributed by atoms with Gasteiger partial charge in [-0.3, -0.25) is 0 Å². The maximum Gasteiger partial charge on any atom is 0.200 e.